The van der Waals surface area contributed by atoms with Gasteiger partial charge in [-0.1, -0.05) is 35.5 Å². The van der Waals surface area contributed by atoms with Gasteiger partial charge in [0.25, 0.3) is 0 Å². The van der Waals surface area contributed by atoms with Gasteiger partial charge in [0.15, 0.2) is 0 Å². The zero-order valence-corrected chi connectivity index (χ0v) is 16.9. The van der Waals surface area contributed by atoms with Crippen LogP contribution < -0.4 is 20.1 Å². The van der Waals surface area contributed by atoms with Crippen molar-refractivity contribution in [1.82, 2.24) is 5.16 Å². The largest absolute Gasteiger partial charge is 0.495 e. The Hall–Kier alpha value is -3.52. The normalized spacial score (nSPS) is 22.5. The first-order valence-electron chi connectivity index (χ1n) is 9.53. The molecule has 0 radical (unpaired) electrons. The summed E-state index contributed by atoms with van der Waals surface area (Å²) >= 11 is 0. The zero-order valence-electron chi connectivity index (χ0n) is 16.9. The van der Waals surface area contributed by atoms with Crippen LogP contribution in [0.5, 0.6) is 11.5 Å². The average Bonchev–Trinajstić information content (AvgIpc) is 3.12. The van der Waals surface area contributed by atoms with Crippen LogP contribution in [-0.4, -0.2) is 29.1 Å². The molecule has 3 aromatic rings. The molecule has 0 bridgehead atoms. The Morgan fingerprint density at radius 3 is 2.67 bits per heavy atom. The van der Waals surface area contributed by atoms with E-state index in [1.165, 1.54) is 14.0 Å². The Bertz CT molecular complexity index is 1060. The van der Waals surface area contributed by atoms with Gasteiger partial charge < -0.3 is 29.7 Å². The van der Waals surface area contributed by atoms with E-state index in [-0.39, 0.29) is 0 Å². The van der Waals surface area contributed by atoms with Crippen LogP contribution in [0, 0.1) is 12.8 Å². The highest BCUT2D eigenvalue weighted by atomic mass is 16.6. The van der Waals surface area contributed by atoms with E-state index >= 15 is 0 Å². The molecule has 1 unspecified atom stereocenters. The number of carbonyl (C=O) groups excluding carboxylic acids is 1. The number of nitrogens with zero attached hydrogens (tertiary/aromatic N) is 1. The number of anilines is 2. The van der Waals surface area contributed by atoms with Crippen molar-refractivity contribution < 1.29 is 23.9 Å². The van der Waals surface area contributed by atoms with Gasteiger partial charge in [0.05, 0.1) is 24.5 Å². The molecule has 0 saturated heterocycles. The highest BCUT2D eigenvalue weighted by Crippen LogP contribution is 2.45. The standard InChI is InChI=1S/C22H23N3O5/c1-13-12-18(30-25-13)24-20-14-8-4-6-10-16(14)29-22(2,27)19(20)21(26)23-15-9-5-7-11-17(15)28-3/h4-12,19-20,24,27H,1-3H3,(H,23,26)/t19-,20+,22?/m1/s1. The lowest BCUT2D eigenvalue weighted by molar-refractivity contribution is -0.182. The second-order valence-electron chi connectivity index (χ2n) is 7.32. The summed E-state index contributed by atoms with van der Waals surface area (Å²) in [6, 6.07) is 15.4. The number of aromatic nitrogens is 1. The number of carbonyl (C=O) groups is 1. The minimum Gasteiger partial charge on any atom is -0.495 e. The monoisotopic (exact) mass is 409 g/mol. The van der Waals surface area contributed by atoms with Crippen LogP contribution in [0.1, 0.15) is 24.2 Å². The zero-order chi connectivity index (χ0) is 21.3. The molecule has 1 aliphatic heterocycles. The van der Waals surface area contributed by atoms with E-state index in [2.05, 4.69) is 15.8 Å². The Balaban J connectivity index is 1.73. The Kier molecular flexibility index (Phi) is 5.09. The van der Waals surface area contributed by atoms with E-state index < -0.39 is 23.7 Å². The fraction of sp³-hybridized carbons (Fsp3) is 0.273. The first-order valence-corrected chi connectivity index (χ1v) is 9.53. The predicted molar refractivity (Wildman–Crippen MR) is 110 cm³/mol. The molecule has 30 heavy (non-hydrogen) atoms. The van der Waals surface area contributed by atoms with Crippen LogP contribution in [0.4, 0.5) is 11.6 Å². The van der Waals surface area contributed by atoms with Gasteiger partial charge in [-0.25, -0.2) is 0 Å². The molecule has 8 nitrogen and oxygen atoms in total. The summed E-state index contributed by atoms with van der Waals surface area (Å²) in [6.45, 7) is 3.27. The summed E-state index contributed by atoms with van der Waals surface area (Å²) in [4.78, 5) is 13.4. The summed E-state index contributed by atoms with van der Waals surface area (Å²) in [6.07, 6.45) is 0. The van der Waals surface area contributed by atoms with Crippen LogP contribution in [0.25, 0.3) is 0 Å². The first-order chi connectivity index (χ1) is 14.4. The maximum atomic E-state index is 13.4. The number of fused-ring (bicyclic) bond motifs is 1. The van der Waals surface area contributed by atoms with E-state index in [0.717, 1.165) is 5.56 Å². The van der Waals surface area contributed by atoms with Crippen molar-refractivity contribution in [3.8, 4) is 11.5 Å². The van der Waals surface area contributed by atoms with Crippen molar-refractivity contribution >= 4 is 17.5 Å². The molecule has 0 fully saturated rings. The number of hydrogen-bond donors (Lipinski definition) is 3. The number of benzene rings is 2. The van der Waals surface area contributed by atoms with E-state index in [1.807, 2.05) is 12.1 Å². The van der Waals surface area contributed by atoms with Crippen LogP contribution in [0.3, 0.4) is 0 Å². The number of para-hydroxylation sites is 3. The van der Waals surface area contributed by atoms with Crippen LogP contribution in [0.2, 0.25) is 0 Å². The lowest BCUT2D eigenvalue weighted by Crippen LogP contribution is -2.53. The Labute approximate surface area is 173 Å². The highest BCUT2D eigenvalue weighted by molar-refractivity contribution is 5.95. The van der Waals surface area contributed by atoms with Gasteiger partial charge in [0, 0.05) is 18.6 Å². The van der Waals surface area contributed by atoms with E-state index in [9.17, 15) is 9.90 Å². The highest BCUT2D eigenvalue weighted by Gasteiger charge is 2.50. The number of aryl methyl sites for hydroxylation is 1. The molecule has 1 amide bonds. The summed E-state index contributed by atoms with van der Waals surface area (Å²) < 4.78 is 16.4. The van der Waals surface area contributed by atoms with Crippen molar-refractivity contribution in [3.63, 3.8) is 0 Å². The molecular weight excluding hydrogens is 386 g/mol. The molecule has 2 heterocycles. The molecule has 156 valence electrons. The molecular formula is C22H23N3O5. The van der Waals surface area contributed by atoms with Gasteiger partial charge in [-0.2, -0.15) is 0 Å². The van der Waals surface area contributed by atoms with Crippen molar-refractivity contribution in [2.24, 2.45) is 5.92 Å². The molecule has 0 spiro atoms. The molecule has 0 saturated carbocycles. The van der Waals surface area contributed by atoms with Crippen LogP contribution >= 0.6 is 0 Å². The maximum Gasteiger partial charge on any atom is 0.236 e. The molecule has 2 aromatic carbocycles. The predicted octanol–water partition coefficient (Wildman–Crippen LogP) is 3.50. The van der Waals surface area contributed by atoms with Crippen molar-refractivity contribution in [2.45, 2.75) is 25.7 Å². The Morgan fingerprint density at radius 1 is 1.20 bits per heavy atom. The first kappa shape index (κ1) is 19.8. The SMILES string of the molecule is COc1ccccc1NC(=O)[C@H]1[C@@H](Nc2cc(C)no2)c2ccccc2OC1(C)O. The fourth-order valence-corrected chi connectivity index (χ4v) is 3.70. The molecule has 1 aliphatic rings. The molecule has 3 N–H and O–H groups in total. The molecule has 1 aromatic heterocycles. The van der Waals surface area contributed by atoms with E-state index in [1.54, 1.807) is 49.4 Å². The van der Waals surface area contributed by atoms with Crippen LogP contribution in [0.15, 0.2) is 59.1 Å². The summed E-state index contributed by atoms with van der Waals surface area (Å²) in [5.41, 5.74) is 1.91. The fourth-order valence-electron chi connectivity index (χ4n) is 3.70. The molecule has 0 aliphatic carbocycles. The summed E-state index contributed by atoms with van der Waals surface area (Å²) in [5, 5.41) is 21.0. The minimum atomic E-state index is -1.78. The molecule has 8 heteroatoms. The molecule has 3 atom stereocenters. The number of ether oxygens (including phenoxy) is 2. The van der Waals surface area contributed by atoms with Crippen molar-refractivity contribution in [3.05, 3.63) is 65.9 Å². The van der Waals surface area contributed by atoms with E-state index in [4.69, 9.17) is 14.0 Å². The second-order valence-corrected chi connectivity index (χ2v) is 7.32. The van der Waals surface area contributed by atoms with Gasteiger partial charge in [0.1, 0.15) is 17.4 Å². The maximum absolute atomic E-state index is 13.4. The second kappa shape index (κ2) is 7.72. The number of rotatable bonds is 5. The quantitative estimate of drug-likeness (QED) is 0.592. The van der Waals surface area contributed by atoms with Gasteiger partial charge in [0.2, 0.25) is 17.6 Å². The third kappa shape index (κ3) is 3.69. The minimum absolute atomic E-state index is 0.389. The van der Waals surface area contributed by atoms with E-state index in [0.29, 0.717) is 28.8 Å². The lowest BCUT2D eigenvalue weighted by Gasteiger charge is -2.42. The summed E-state index contributed by atoms with van der Waals surface area (Å²) in [7, 11) is 1.53. The lowest BCUT2D eigenvalue weighted by atomic mass is 9.83. The summed E-state index contributed by atoms with van der Waals surface area (Å²) in [5.74, 6) is -1.85. The topological polar surface area (TPSA) is 106 Å². The number of methoxy groups -OCH3 is 1. The third-order valence-corrected chi connectivity index (χ3v) is 5.05. The number of nitrogens with one attached hydrogen (secondary N) is 2. The van der Waals surface area contributed by atoms with Crippen molar-refractivity contribution in [2.75, 3.05) is 17.7 Å². The van der Waals surface area contributed by atoms with Crippen molar-refractivity contribution in [1.29, 1.82) is 0 Å². The van der Waals surface area contributed by atoms with Crippen LogP contribution in [-0.2, 0) is 4.79 Å². The smallest absolute Gasteiger partial charge is 0.236 e. The van der Waals surface area contributed by atoms with Gasteiger partial charge in [-0.15, -0.1) is 0 Å². The number of hydrogen-bond acceptors (Lipinski definition) is 7. The average molecular weight is 409 g/mol. The number of aliphatic hydroxyl groups is 1. The van der Waals surface area contributed by atoms with Gasteiger partial charge >= 0.3 is 0 Å². The third-order valence-electron chi connectivity index (χ3n) is 5.05. The van der Waals surface area contributed by atoms with Gasteiger partial charge in [-0.3, -0.25) is 4.79 Å². The Morgan fingerprint density at radius 2 is 1.93 bits per heavy atom. The van der Waals surface area contributed by atoms with Gasteiger partial charge in [-0.05, 0) is 25.1 Å². The number of amides is 1. The molecule has 4 rings (SSSR count).